The first-order chi connectivity index (χ1) is 15.2. The summed E-state index contributed by atoms with van der Waals surface area (Å²) >= 11 is 0. The third-order valence-electron chi connectivity index (χ3n) is 5.53. The van der Waals surface area contributed by atoms with E-state index in [1.54, 1.807) is 26.4 Å². The maximum absolute atomic E-state index is 9.64. The highest BCUT2D eigenvalue weighted by Gasteiger charge is 2.14. The van der Waals surface area contributed by atoms with Crippen molar-refractivity contribution >= 4 is 0 Å². The van der Waals surface area contributed by atoms with E-state index in [0.29, 0.717) is 0 Å². The number of aromatic hydroxyl groups is 1. The maximum Gasteiger partial charge on any atom is 0.163 e. The van der Waals surface area contributed by atoms with Gasteiger partial charge in [-0.3, -0.25) is 0 Å². The summed E-state index contributed by atoms with van der Waals surface area (Å²) in [7, 11) is 3.30. The van der Waals surface area contributed by atoms with E-state index in [1.165, 1.54) is 25.7 Å². The van der Waals surface area contributed by atoms with Crippen LogP contribution in [0.4, 0.5) is 0 Å². The van der Waals surface area contributed by atoms with Crippen molar-refractivity contribution < 1.29 is 14.6 Å². The smallest absolute Gasteiger partial charge is 0.163 e. The molecule has 3 aromatic rings. The van der Waals surface area contributed by atoms with Gasteiger partial charge in [0.05, 0.1) is 14.2 Å². The van der Waals surface area contributed by atoms with E-state index in [1.807, 2.05) is 24.3 Å². The number of aryl methyl sites for hydroxylation is 2. The number of benzene rings is 2. The number of phenolic OH excluding ortho intramolecular Hbond substituents is 1. The van der Waals surface area contributed by atoms with Crippen molar-refractivity contribution in [3.8, 4) is 28.6 Å². The number of ether oxygens (including phenoxy) is 2. The predicted octanol–water partition coefficient (Wildman–Crippen LogP) is 5.42. The molecule has 1 N–H and O–H groups in total. The molecule has 0 fully saturated rings. The molecule has 1 aromatic heterocycles. The molecule has 1 heterocycles. The van der Waals surface area contributed by atoms with Gasteiger partial charge in [-0.2, -0.15) is 0 Å². The van der Waals surface area contributed by atoms with E-state index in [2.05, 4.69) is 27.8 Å². The molecule has 0 aliphatic heterocycles. The fourth-order valence-electron chi connectivity index (χ4n) is 3.74. The van der Waals surface area contributed by atoms with Crippen LogP contribution in [0.5, 0.6) is 17.2 Å². The molecule has 0 radical (unpaired) electrons. The number of unbranched alkanes of at least 4 members (excludes halogenated alkanes) is 4. The quantitative estimate of drug-likeness (QED) is 0.394. The van der Waals surface area contributed by atoms with Crippen molar-refractivity contribution in [2.45, 2.75) is 58.4 Å². The van der Waals surface area contributed by atoms with Crippen LogP contribution in [-0.2, 0) is 19.4 Å². The van der Waals surface area contributed by atoms with Gasteiger partial charge < -0.3 is 19.1 Å². The van der Waals surface area contributed by atoms with Crippen LogP contribution in [0, 0.1) is 0 Å². The molecule has 166 valence electrons. The summed E-state index contributed by atoms with van der Waals surface area (Å²) in [6.45, 7) is 3.00. The number of nitrogens with zero attached hydrogens (tertiary/aromatic N) is 3. The predicted molar refractivity (Wildman–Crippen MR) is 123 cm³/mol. The average Bonchev–Trinajstić information content (AvgIpc) is 3.20. The first kappa shape index (κ1) is 22.7. The van der Waals surface area contributed by atoms with Gasteiger partial charge in [-0.1, -0.05) is 38.7 Å². The highest BCUT2D eigenvalue weighted by atomic mass is 16.5. The molecule has 0 saturated carbocycles. The Balaban J connectivity index is 1.79. The number of phenols is 1. The first-order valence-corrected chi connectivity index (χ1v) is 11.1. The fraction of sp³-hybridized carbons (Fsp3) is 0.440. The molecule has 0 bridgehead atoms. The Labute approximate surface area is 184 Å². The minimum atomic E-state index is 0.247. The minimum absolute atomic E-state index is 0.247. The Morgan fingerprint density at radius 3 is 2.29 bits per heavy atom. The summed E-state index contributed by atoms with van der Waals surface area (Å²) < 4.78 is 13.0. The van der Waals surface area contributed by atoms with E-state index in [9.17, 15) is 5.11 Å². The third-order valence-corrected chi connectivity index (χ3v) is 5.53. The summed E-state index contributed by atoms with van der Waals surface area (Å²) in [5, 5.41) is 18.6. The summed E-state index contributed by atoms with van der Waals surface area (Å²) in [6, 6.07) is 13.2. The standard InChI is InChI=1S/C25H33N3O3/c1-4-5-6-7-8-9-24-26-27-25(20-11-13-21(29)14-12-20)28(24)17-16-19-10-15-22(30-2)23(18-19)31-3/h10-15,18,29H,4-9,16-17H2,1-3H3. The molecule has 3 rings (SSSR count). The fourth-order valence-corrected chi connectivity index (χ4v) is 3.74. The zero-order valence-electron chi connectivity index (χ0n) is 18.8. The van der Waals surface area contributed by atoms with E-state index < -0.39 is 0 Å². The van der Waals surface area contributed by atoms with E-state index >= 15 is 0 Å². The molecule has 6 heteroatoms. The summed E-state index contributed by atoms with van der Waals surface area (Å²) in [4.78, 5) is 0. The number of hydrogen-bond donors (Lipinski definition) is 1. The average molecular weight is 424 g/mol. The molecular formula is C25H33N3O3. The van der Waals surface area contributed by atoms with Crippen LogP contribution in [0.15, 0.2) is 42.5 Å². The molecule has 31 heavy (non-hydrogen) atoms. The minimum Gasteiger partial charge on any atom is -0.508 e. The van der Waals surface area contributed by atoms with Crippen molar-refractivity contribution in [3.05, 3.63) is 53.9 Å². The molecular weight excluding hydrogens is 390 g/mol. The molecule has 0 aliphatic rings. The van der Waals surface area contributed by atoms with Crippen LogP contribution in [0.2, 0.25) is 0 Å². The van der Waals surface area contributed by atoms with Crippen LogP contribution in [-0.4, -0.2) is 34.1 Å². The van der Waals surface area contributed by atoms with E-state index in [-0.39, 0.29) is 5.75 Å². The maximum atomic E-state index is 9.64. The lowest BCUT2D eigenvalue weighted by molar-refractivity contribution is 0.354. The monoisotopic (exact) mass is 423 g/mol. The van der Waals surface area contributed by atoms with Gasteiger partial charge in [-0.05, 0) is 54.8 Å². The number of methoxy groups -OCH3 is 2. The normalized spacial score (nSPS) is 10.9. The van der Waals surface area contributed by atoms with E-state index in [0.717, 1.165) is 60.1 Å². The van der Waals surface area contributed by atoms with Crippen LogP contribution in [0.1, 0.15) is 50.4 Å². The Bertz CT molecular complexity index is 951. The molecule has 2 aromatic carbocycles. The van der Waals surface area contributed by atoms with Crippen molar-refractivity contribution in [1.29, 1.82) is 0 Å². The second-order valence-corrected chi connectivity index (χ2v) is 7.74. The molecule has 0 spiro atoms. The van der Waals surface area contributed by atoms with Crippen molar-refractivity contribution in [2.24, 2.45) is 0 Å². The van der Waals surface area contributed by atoms with Gasteiger partial charge in [0.15, 0.2) is 17.3 Å². The van der Waals surface area contributed by atoms with E-state index in [4.69, 9.17) is 9.47 Å². The van der Waals surface area contributed by atoms with Crippen LogP contribution >= 0.6 is 0 Å². The Hall–Kier alpha value is -3.02. The van der Waals surface area contributed by atoms with Gasteiger partial charge in [0, 0.05) is 18.5 Å². The van der Waals surface area contributed by atoms with Crippen LogP contribution < -0.4 is 9.47 Å². The number of hydrogen-bond acceptors (Lipinski definition) is 5. The molecule has 0 amide bonds. The molecule has 0 unspecified atom stereocenters. The van der Waals surface area contributed by atoms with Crippen molar-refractivity contribution in [3.63, 3.8) is 0 Å². The highest BCUT2D eigenvalue weighted by Crippen LogP contribution is 2.28. The van der Waals surface area contributed by atoms with Gasteiger partial charge in [-0.25, -0.2) is 0 Å². The Kier molecular flexibility index (Phi) is 8.33. The van der Waals surface area contributed by atoms with Gasteiger partial charge in [0.2, 0.25) is 0 Å². The highest BCUT2D eigenvalue weighted by molar-refractivity contribution is 5.56. The second-order valence-electron chi connectivity index (χ2n) is 7.74. The largest absolute Gasteiger partial charge is 0.508 e. The van der Waals surface area contributed by atoms with Gasteiger partial charge >= 0.3 is 0 Å². The molecule has 6 nitrogen and oxygen atoms in total. The Morgan fingerprint density at radius 1 is 0.839 bits per heavy atom. The molecule has 0 saturated heterocycles. The Morgan fingerprint density at radius 2 is 1.58 bits per heavy atom. The lowest BCUT2D eigenvalue weighted by Gasteiger charge is -2.13. The summed E-state index contributed by atoms with van der Waals surface area (Å²) in [5.74, 6) is 3.56. The number of rotatable bonds is 12. The topological polar surface area (TPSA) is 69.4 Å². The van der Waals surface area contributed by atoms with Crippen LogP contribution in [0.3, 0.4) is 0 Å². The first-order valence-electron chi connectivity index (χ1n) is 11.1. The lowest BCUT2D eigenvalue weighted by atomic mass is 10.1. The molecule has 0 atom stereocenters. The molecule has 0 aliphatic carbocycles. The third kappa shape index (κ3) is 6.00. The summed E-state index contributed by atoms with van der Waals surface area (Å²) in [5.41, 5.74) is 2.12. The lowest BCUT2D eigenvalue weighted by Crippen LogP contribution is -2.08. The zero-order valence-corrected chi connectivity index (χ0v) is 18.8. The second kappa shape index (κ2) is 11.4. The summed E-state index contributed by atoms with van der Waals surface area (Å²) in [6.07, 6.45) is 7.86. The van der Waals surface area contributed by atoms with Crippen molar-refractivity contribution in [2.75, 3.05) is 14.2 Å². The SMILES string of the molecule is CCCCCCCc1nnc(-c2ccc(O)cc2)n1CCc1ccc(OC)c(OC)c1. The van der Waals surface area contributed by atoms with Gasteiger partial charge in [0.25, 0.3) is 0 Å². The van der Waals surface area contributed by atoms with Crippen molar-refractivity contribution in [1.82, 2.24) is 14.8 Å². The zero-order chi connectivity index (χ0) is 22.1. The van der Waals surface area contributed by atoms with Crippen LogP contribution in [0.25, 0.3) is 11.4 Å². The van der Waals surface area contributed by atoms with Gasteiger partial charge in [-0.15, -0.1) is 10.2 Å². The number of aromatic nitrogens is 3. The van der Waals surface area contributed by atoms with Gasteiger partial charge in [0.1, 0.15) is 11.6 Å².